The van der Waals surface area contributed by atoms with Gasteiger partial charge < -0.3 is 9.67 Å². The van der Waals surface area contributed by atoms with E-state index < -0.39 is 5.97 Å². The first-order chi connectivity index (χ1) is 11.5. The molecular weight excluding hydrogens is 370 g/mol. The molecule has 0 radical (unpaired) electrons. The van der Waals surface area contributed by atoms with Crippen LogP contribution < -0.4 is 5.43 Å². The zero-order valence-corrected chi connectivity index (χ0v) is 14.4. The third-order valence-corrected chi connectivity index (χ3v) is 4.26. The Morgan fingerprint density at radius 2 is 1.62 bits per heavy atom. The minimum Gasteiger partial charge on any atom is -0.478 e. The molecule has 0 saturated carbocycles. The third kappa shape index (κ3) is 3.16. The summed E-state index contributed by atoms with van der Waals surface area (Å²) in [4.78, 5) is 24.1. The van der Waals surface area contributed by atoms with E-state index in [-0.39, 0.29) is 11.0 Å². The maximum atomic E-state index is 12.9. The average Bonchev–Trinajstić information content (AvgIpc) is 2.57. The van der Waals surface area contributed by atoms with Crippen molar-refractivity contribution < 1.29 is 9.90 Å². The molecule has 3 rings (SSSR count). The normalized spacial score (nSPS) is 10.6. The summed E-state index contributed by atoms with van der Waals surface area (Å²) in [6, 6.07) is 13.9. The average molecular weight is 384 g/mol. The Labute approximate surface area is 147 Å². The SMILES string of the molecule is Cn1cc(-c2ccc(Br)cc2)c(=O)c(-c2cccc(C(=O)O)c2)c1. The van der Waals surface area contributed by atoms with Crippen molar-refractivity contribution in [2.75, 3.05) is 0 Å². The number of aromatic carboxylic acids is 1. The van der Waals surface area contributed by atoms with Gasteiger partial charge in [-0.15, -0.1) is 0 Å². The number of pyridine rings is 1. The summed E-state index contributed by atoms with van der Waals surface area (Å²) < 4.78 is 2.75. The van der Waals surface area contributed by atoms with E-state index >= 15 is 0 Å². The van der Waals surface area contributed by atoms with E-state index in [1.807, 2.05) is 35.9 Å². The fourth-order valence-electron chi connectivity index (χ4n) is 2.57. The number of benzene rings is 2. The van der Waals surface area contributed by atoms with Crippen molar-refractivity contribution >= 4 is 21.9 Å². The Hall–Kier alpha value is -2.66. The molecule has 0 spiro atoms. The number of hydrogen-bond acceptors (Lipinski definition) is 2. The van der Waals surface area contributed by atoms with Crippen LogP contribution in [0.1, 0.15) is 10.4 Å². The molecule has 0 atom stereocenters. The molecule has 0 bridgehead atoms. The molecule has 0 saturated heterocycles. The maximum Gasteiger partial charge on any atom is 0.335 e. The zero-order chi connectivity index (χ0) is 17.3. The molecule has 0 fully saturated rings. The van der Waals surface area contributed by atoms with E-state index in [1.165, 1.54) is 12.1 Å². The Morgan fingerprint density at radius 3 is 2.25 bits per heavy atom. The Kier molecular flexibility index (Phi) is 4.36. The summed E-state index contributed by atoms with van der Waals surface area (Å²) in [6.45, 7) is 0. The van der Waals surface area contributed by atoms with Gasteiger partial charge in [0.2, 0.25) is 0 Å². The number of carbonyl (C=O) groups is 1. The Morgan fingerprint density at radius 1 is 1.00 bits per heavy atom. The number of hydrogen-bond donors (Lipinski definition) is 1. The van der Waals surface area contributed by atoms with E-state index in [4.69, 9.17) is 5.11 Å². The summed E-state index contributed by atoms with van der Waals surface area (Å²) in [5.41, 5.74) is 2.48. The highest BCUT2D eigenvalue weighted by molar-refractivity contribution is 9.10. The quantitative estimate of drug-likeness (QED) is 0.737. The summed E-state index contributed by atoms with van der Waals surface area (Å²) >= 11 is 3.38. The number of halogens is 1. The second kappa shape index (κ2) is 6.45. The third-order valence-electron chi connectivity index (χ3n) is 3.73. The highest BCUT2D eigenvalue weighted by Crippen LogP contribution is 2.23. The first-order valence-corrected chi connectivity index (χ1v) is 8.05. The molecule has 3 aromatic rings. The van der Waals surface area contributed by atoms with Gasteiger partial charge in [-0.25, -0.2) is 4.79 Å². The molecule has 1 heterocycles. The van der Waals surface area contributed by atoms with Gasteiger partial charge in [0.05, 0.1) is 5.56 Å². The number of carboxylic acids is 1. The molecule has 0 unspecified atom stereocenters. The molecule has 1 aromatic heterocycles. The van der Waals surface area contributed by atoms with E-state index in [2.05, 4.69) is 15.9 Å². The van der Waals surface area contributed by atoms with Crippen LogP contribution in [0.4, 0.5) is 0 Å². The van der Waals surface area contributed by atoms with Crippen LogP contribution in [-0.4, -0.2) is 15.6 Å². The Balaban J connectivity index is 2.20. The maximum absolute atomic E-state index is 12.9. The molecule has 120 valence electrons. The summed E-state index contributed by atoms with van der Waals surface area (Å²) in [7, 11) is 1.84. The highest BCUT2D eigenvalue weighted by Gasteiger charge is 2.12. The molecule has 0 aliphatic rings. The number of aryl methyl sites for hydroxylation is 1. The zero-order valence-electron chi connectivity index (χ0n) is 12.9. The summed E-state index contributed by atoms with van der Waals surface area (Å²) in [6.07, 6.45) is 3.49. The molecule has 0 aliphatic heterocycles. The van der Waals surface area contributed by atoms with Crippen molar-refractivity contribution in [1.82, 2.24) is 4.57 Å². The molecule has 0 amide bonds. The lowest BCUT2D eigenvalue weighted by molar-refractivity contribution is 0.0697. The van der Waals surface area contributed by atoms with Gasteiger partial charge in [0.25, 0.3) is 0 Å². The van der Waals surface area contributed by atoms with Crippen LogP contribution in [0.25, 0.3) is 22.3 Å². The van der Waals surface area contributed by atoms with Gasteiger partial charge in [-0.3, -0.25) is 4.79 Å². The Bertz CT molecular complexity index is 975. The first-order valence-electron chi connectivity index (χ1n) is 7.25. The number of nitrogens with zero attached hydrogens (tertiary/aromatic N) is 1. The van der Waals surface area contributed by atoms with Crippen molar-refractivity contribution in [2.24, 2.45) is 7.05 Å². The van der Waals surface area contributed by atoms with Crippen LogP contribution in [-0.2, 0) is 7.05 Å². The predicted octanol–water partition coefficient (Wildman–Crippen LogP) is 4.18. The summed E-state index contributed by atoms with van der Waals surface area (Å²) in [5.74, 6) is -1.02. The number of rotatable bonds is 3. The van der Waals surface area contributed by atoms with Crippen LogP contribution >= 0.6 is 15.9 Å². The number of aromatic nitrogens is 1. The van der Waals surface area contributed by atoms with Crippen LogP contribution in [0, 0.1) is 0 Å². The fraction of sp³-hybridized carbons (Fsp3) is 0.0526. The lowest BCUT2D eigenvalue weighted by Gasteiger charge is -2.10. The van der Waals surface area contributed by atoms with Gasteiger partial charge in [-0.1, -0.05) is 40.2 Å². The van der Waals surface area contributed by atoms with Gasteiger partial charge in [0.1, 0.15) is 0 Å². The predicted molar refractivity (Wildman–Crippen MR) is 97.2 cm³/mol. The van der Waals surface area contributed by atoms with Gasteiger partial charge in [0, 0.05) is 35.0 Å². The van der Waals surface area contributed by atoms with Crippen molar-refractivity contribution in [3.05, 3.63) is 81.2 Å². The fourth-order valence-corrected chi connectivity index (χ4v) is 2.83. The van der Waals surface area contributed by atoms with Crippen molar-refractivity contribution in [3.8, 4) is 22.3 Å². The van der Waals surface area contributed by atoms with Crippen molar-refractivity contribution in [1.29, 1.82) is 0 Å². The van der Waals surface area contributed by atoms with E-state index in [0.717, 1.165) is 10.0 Å². The first kappa shape index (κ1) is 16.2. The van der Waals surface area contributed by atoms with Crippen LogP contribution in [0.2, 0.25) is 0 Å². The van der Waals surface area contributed by atoms with Gasteiger partial charge in [-0.05, 0) is 35.4 Å². The number of carboxylic acid groups (broad SMARTS) is 1. The molecule has 1 N–H and O–H groups in total. The van der Waals surface area contributed by atoms with Crippen LogP contribution in [0.5, 0.6) is 0 Å². The topological polar surface area (TPSA) is 59.3 Å². The van der Waals surface area contributed by atoms with Crippen molar-refractivity contribution in [3.63, 3.8) is 0 Å². The smallest absolute Gasteiger partial charge is 0.335 e. The molecule has 0 aliphatic carbocycles. The summed E-state index contributed by atoms with van der Waals surface area (Å²) in [5, 5.41) is 9.15. The lowest BCUT2D eigenvalue weighted by Crippen LogP contribution is -2.12. The van der Waals surface area contributed by atoms with E-state index in [0.29, 0.717) is 16.7 Å². The second-order valence-electron chi connectivity index (χ2n) is 5.47. The minimum absolute atomic E-state index is 0.127. The minimum atomic E-state index is -1.02. The van der Waals surface area contributed by atoms with Crippen LogP contribution in [0.3, 0.4) is 0 Å². The van der Waals surface area contributed by atoms with Gasteiger partial charge in [-0.2, -0.15) is 0 Å². The van der Waals surface area contributed by atoms with E-state index in [9.17, 15) is 9.59 Å². The lowest BCUT2D eigenvalue weighted by atomic mass is 9.99. The van der Waals surface area contributed by atoms with E-state index in [1.54, 1.807) is 24.5 Å². The van der Waals surface area contributed by atoms with Gasteiger partial charge >= 0.3 is 5.97 Å². The second-order valence-corrected chi connectivity index (χ2v) is 6.39. The monoisotopic (exact) mass is 383 g/mol. The molecule has 5 heteroatoms. The largest absolute Gasteiger partial charge is 0.478 e. The standard InChI is InChI=1S/C19H14BrNO3/c1-21-10-16(12-5-7-15(20)8-6-12)18(22)17(11-21)13-3-2-4-14(9-13)19(23)24/h2-11H,1H3,(H,23,24). The molecular formula is C19H14BrNO3. The van der Waals surface area contributed by atoms with Crippen LogP contribution in [0.15, 0.2) is 70.2 Å². The van der Waals surface area contributed by atoms with Crippen molar-refractivity contribution in [2.45, 2.75) is 0 Å². The van der Waals surface area contributed by atoms with Gasteiger partial charge in [0.15, 0.2) is 5.43 Å². The molecule has 2 aromatic carbocycles. The molecule has 24 heavy (non-hydrogen) atoms. The highest BCUT2D eigenvalue weighted by atomic mass is 79.9. The molecule has 4 nitrogen and oxygen atoms in total.